The van der Waals surface area contributed by atoms with Crippen molar-refractivity contribution in [2.45, 2.75) is 48.8 Å². The maximum absolute atomic E-state index is 12.8. The van der Waals surface area contributed by atoms with Crippen molar-refractivity contribution in [1.82, 2.24) is 9.71 Å². The van der Waals surface area contributed by atoms with Gasteiger partial charge in [-0.2, -0.15) is 0 Å². The molecule has 1 aliphatic heterocycles. The van der Waals surface area contributed by atoms with Crippen molar-refractivity contribution in [3.05, 3.63) is 58.9 Å². The number of benzene rings is 1. The fraction of sp³-hybridized carbons (Fsp3) is 0.450. The van der Waals surface area contributed by atoms with Crippen LogP contribution < -0.4 is 4.72 Å². The van der Waals surface area contributed by atoms with E-state index < -0.39 is 15.8 Å². The van der Waals surface area contributed by atoms with E-state index >= 15 is 0 Å². The first-order valence-corrected chi connectivity index (χ1v) is 11.2. The summed E-state index contributed by atoms with van der Waals surface area (Å²) in [7, 11) is -3.60. The minimum Gasteiger partial charge on any atom is -0.347 e. The number of rotatable bonds is 4. The van der Waals surface area contributed by atoms with Gasteiger partial charge in [-0.1, -0.05) is 35.4 Å². The van der Waals surface area contributed by atoms with Crippen LogP contribution in [0, 0.1) is 6.92 Å². The number of hydrogen-bond donors (Lipinski definition) is 1. The summed E-state index contributed by atoms with van der Waals surface area (Å²) in [6.07, 6.45) is 1.74. The second-order valence-corrected chi connectivity index (χ2v) is 9.45. The third-order valence-corrected chi connectivity index (χ3v) is 7.16. The van der Waals surface area contributed by atoms with Crippen LogP contribution in [0.5, 0.6) is 0 Å². The highest BCUT2D eigenvalue weighted by Gasteiger charge is 2.50. The van der Waals surface area contributed by atoms with E-state index in [-0.39, 0.29) is 16.9 Å². The average molecular weight is 423 g/mol. The van der Waals surface area contributed by atoms with Crippen molar-refractivity contribution in [3.63, 3.8) is 0 Å². The lowest BCUT2D eigenvalue weighted by atomic mass is 9.78. The van der Waals surface area contributed by atoms with Crippen LogP contribution in [0.15, 0.2) is 47.4 Å². The molecule has 6 nitrogen and oxygen atoms in total. The first kappa shape index (κ1) is 19.8. The second kappa shape index (κ2) is 7.72. The number of ether oxygens (including phenoxy) is 2. The van der Waals surface area contributed by atoms with Crippen LogP contribution in [-0.2, 0) is 19.5 Å². The predicted octanol–water partition coefficient (Wildman–Crippen LogP) is 3.40. The van der Waals surface area contributed by atoms with E-state index in [4.69, 9.17) is 21.1 Å². The van der Waals surface area contributed by atoms with E-state index in [0.717, 1.165) is 11.3 Å². The Morgan fingerprint density at radius 1 is 1.14 bits per heavy atom. The molecule has 2 atom stereocenters. The number of halogens is 1. The molecule has 1 saturated heterocycles. The summed E-state index contributed by atoms with van der Waals surface area (Å²) in [6, 6.07) is 12.0. The molecule has 1 aromatic carbocycles. The zero-order valence-corrected chi connectivity index (χ0v) is 17.2. The van der Waals surface area contributed by atoms with E-state index in [9.17, 15) is 8.42 Å². The van der Waals surface area contributed by atoms with Gasteiger partial charge in [0.1, 0.15) is 5.15 Å². The quantitative estimate of drug-likeness (QED) is 0.764. The minimum absolute atomic E-state index is 0.201. The van der Waals surface area contributed by atoms with Gasteiger partial charge in [-0.15, -0.1) is 0 Å². The van der Waals surface area contributed by atoms with Crippen molar-refractivity contribution in [3.8, 4) is 0 Å². The molecule has 1 unspecified atom stereocenters. The van der Waals surface area contributed by atoms with Crippen LogP contribution in [0.1, 0.15) is 36.4 Å². The molecule has 4 rings (SSSR count). The van der Waals surface area contributed by atoms with Gasteiger partial charge in [0.05, 0.1) is 29.7 Å². The summed E-state index contributed by atoms with van der Waals surface area (Å²) in [5.74, 6) is -0.961. The van der Waals surface area contributed by atoms with Crippen LogP contribution in [0.25, 0.3) is 0 Å². The summed E-state index contributed by atoms with van der Waals surface area (Å²) in [6.45, 7) is 2.97. The molecule has 1 saturated carbocycles. The molecule has 0 bridgehead atoms. The number of nitrogens with one attached hydrogen (secondary N) is 1. The number of aryl methyl sites for hydroxylation is 1. The molecule has 0 amide bonds. The normalized spacial score (nSPS) is 24.5. The number of aromatic nitrogens is 1. The van der Waals surface area contributed by atoms with E-state index in [1.165, 1.54) is 0 Å². The Hall–Kier alpha value is -1.51. The highest BCUT2D eigenvalue weighted by Crippen LogP contribution is 2.46. The lowest BCUT2D eigenvalue weighted by Gasteiger charge is -2.42. The molecule has 0 radical (unpaired) electrons. The topological polar surface area (TPSA) is 77.5 Å². The van der Waals surface area contributed by atoms with Crippen molar-refractivity contribution >= 4 is 21.6 Å². The van der Waals surface area contributed by atoms with Gasteiger partial charge in [-0.25, -0.2) is 18.1 Å². The zero-order chi connectivity index (χ0) is 19.8. The van der Waals surface area contributed by atoms with Gasteiger partial charge >= 0.3 is 0 Å². The minimum atomic E-state index is -3.60. The first-order chi connectivity index (χ1) is 13.4. The standard InChI is InChI=1S/C20H23ClN2O4S/c1-14-5-7-16(8-6-14)28(24,25)23-15-9-10-20(26-11-12-27-20)17(13-15)18-3-2-4-19(21)22-18/h2-8,15,17,23H,9-13H2,1H3/t15-,17?/m0/s1. The molecule has 150 valence electrons. The van der Waals surface area contributed by atoms with Gasteiger partial charge in [0.2, 0.25) is 10.0 Å². The van der Waals surface area contributed by atoms with E-state index in [2.05, 4.69) is 9.71 Å². The van der Waals surface area contributed by atoms with Gasteiger partial charge in [0.15, 0.2) is 5.79 Å². The molecule has 1 aromatic heterocycles. The van der Waals surface area contributed by atoms with Crippen molar-refractivity contribution in [1.29, 1.82) is 0 Å². The summed E-state index contributed by atoms with van der Waals surface area (Å²) >= 11 is 6.09. The third-order valence-electron chi connectivity index (χ3n) is 5.42. The predicted molar refractivity (Wildman–Crippen MR) is 106 cm³/mol. The lowest BCUT2D eigenvalue weighted by molar-refractivity contribution is -0.194. The molecular formula is C20H23ClN2O4S. The van der Waals surface area contributed by atoms with Crippen molar-refractivity contribution in [2.75, 3.05) is 13.2 Å². The van der Waals surface area contributed by atoms with Crippen molar-refractivity contribution < 1.29 is 17.9 Å². The molecular weight excluding hydrogens is 400 g/mol. The van der Waals surface area contributed by atoms with Gasteiger partial charge in [0, 0.05) is 12.5 Å². The summed E-state index contributed by atoms with van der Waals surface area (Å²) < 4.78 is 40.4. The van der Waals surface area contributed by atoms with E-state index in [1.54, 1.807) is 30.3 Å². The molecule has 2 aliphatic rings. The molecule has 1 aliphatic carbocycles. The molecule has 28 heavy (non-hydrogen) atoms. The smallest absolute Gasteiger partial charge is 0.240 e. The fourth-order valence-corrected chi connectivity index (χ4v) is 5.48. The molecule has 8 heteroatoms. The number of sulfonamides is 1. The van der Waals surface area contributed by atoms with E-state index in [1.807, 2.05) is 19.1 Å². The Bertz CT molecular complexity index is 943. The fourth-order valence-electron chi connectivity index (χ4n) is 4.02. The van der Waals surface area contributed by atoms with Crippen molar-refractivity contribution in [2.24, 2.45) is 0 Å². The highest BCUT2D eigenvalue weighted by molar-refractivity contribution is 7.89. The second-order valence-electron chi connectivity index (χ2n) is 7.35. The number of pyridine rings is 1. The number of nitrogens with zero attached hydrogens (tertiary/aromatic N) is 1. The Labute approximate surface area is 170 Å². The molecule has 1 spiro atoms. The summed E-state index contributed by atoms with van der Waals surface area (Å²) in [4.78, 5) is 4.71. The van der Waals surface area contributed by atoms with Gasteiger partial charge in [0.25, 0.3) is 0 Å². The van der Waals surface area contributed by atoms with Crippen LogP contribution in [0.4, 0.5) is 0 Å². The molecule has 2 aromatic rings. The molecule has 2 fully saturated rings. The van der Waals surface area contributed by atoms with E-state index in [0.29, 0.717) is 37.6 Å². The largest absolute Gasteiger partial charge is 0.347 e. The molecule has 2 heterocycles. The monoisotopic (exact) mass is 422 g/mol. The average Bonchev–Trinajstić information content (AvgIpc) is 3.13. The van der Waals surface area contributed by atoms with Gasteiger partial charge in [-0.3, -0.25) is 0 Å². The lowest BCUT2D eigenvalue weighted by Crippen LogP contribution is -2.49. The van der Waals surface area contributed by atoms with Crippen LogP contribution in [0.2, 0.25) is 5.15 Å². The molecule has 1 N–H and O–H groups in total. The highest BCUT2D eigenvalue weighted by atomic mass is 35.5. The Balaban J connectivity index is 1.58. The van der Waals surface area contributed by atoms with Gasteiger partial charge in [-0.05, 0) is 44.0 Å². The first-order valence-electron chi connectivity index (χ1n) is 9.37. The number of hydrogen-bond acceptors (Lipinski definition) is 5. The Kier molecular flexibility index (Phi) is 5.46. The maximum atomic E-state index is 12.8. The summed E-state index contributed by atoms with van der Waals surface area (Å²) in [5, 5.41) is 0.396. The Morgan fingerprint density at radius 2 is 1.86 bits per heavy atom. The van der Waals surface area contributed by atoms with Crippen LogP contribution in [0.3, 0.4) is 0 Å². The SMILES string of the molecule is Cc1ccc(S(=O)(=O)N[C@H]2CCC3(OCCO3)C(c3cccc(Cl)n3)C2)cc1. The Morgan fingerprint density at radius 3 is 2.54 bits per heavy atom. The third kappa shape index (κ3) is 3.95. The van der Waals surface area contributed by atoms with Crippen LogP contribution >= 0.6 is 11.6 Å². The van der Waals surface area contributed by atoms with Crippen LogP contribution in [-0.4, -0.2) is 38.4 Å². The van der Waals surface area contributed by atoms with Gasteiger partial charge < -0.3 is 9.47 Å². The summed E-state index contributed by atoms with van der Waals surface area (Å²) in [5.41, 5.74) is 1.77. The maximum Gasteiger partial charge on any atom is 0.240 e. The zero-order valence-electron chi connectivity index (χ0n) is 15.6.